The van der Waals surface area contributed by atoms with Crippen molar-refractivity contribution in [1.29, 1.82) is 0 Å². The van der Waals surface area contributed by atoms with E-state index >= 15 is 0 Å². The summed E-state index contributed by atoms with van der Waals surface area (Å²) in [5, 5.41) is 8.63. The van der Waals surface area contributed by atoms with Crippen LogP contribution in [0.5, 0.6) is 17.2 Å². The highest BCUT2D eigenvalue weighted by Gasteiger charge is 2.22. The van der Waals surface area contributed by atoms with Crippen LogP contribution in [0.25, 0.3) is 0 Å². The molecule has 3 aromatic carbocycles. The Bertz CT molecular complexity index is 777. The Hall–Kier alpha value is -3.07. The predicted octanol–water partition coefficient (Wildman–Crippen LogP) is 5.30. The molecule has 3 heteroatoms. The predicted molar refractivity (Wildman–Crippen MR) is 95.9 cm³/mol. The Kier molecular flexibility index (Phi) is 6.15. The van der Waals surface area contributed by atoms with Gasteiger partial charge in [-0.05, 0) is 43.2 Å². The minimum Gasteiger partial charge on any atom is -0.508 e. The van der Waals surface area contributed by atoms with Crippen LogP contribution in [-0.2, 0) is 0 Å². The lowest BCUT2D eigenvalue weighted by atomic mass is 10.1. The Balaban J connectivity index is 0.000000132. The highest BCUT2D eigenvalue weighted by Crippen LogP contribution is 2.48. The molecule has 4 rings (SSSR count). The molecular weight excluding hydrogens is 300 g/mol. The standard InChI is InChI=1S/C8H8O.C7H6O.C6H6O/c1-5-3-4-7-8(9-7)6(5)2;8-6-7-4-2-1-3-5-7;7-6-4-2-1-3-5-6/h3-4H,1-2H3;1-6H;1-5,7H. The van der Waals surface area contributed by atoms with Gasteiger partial charge in [-0.15, -0.1) is 0 Å². The first-order valence-corrected chi connectivity index (χ1v) is 7.64. The molecule has 3 nitrogen and oxygen atoms in total. The molecule has 122 valence electrons. The van der Waals surface area contributed by atoms with Crippen LogP contribution in [0.2, 0.25) is 0 Å². The largest absolute Gasteiger partial charge is 0.508 e. The van der Waals surface area contributed by atoms with Crippen molar-refractivity contribution >= 4 is 6.29 Å². The number of aromatic hydroxyl groups is 1. The second-order valence-corrected chi connectivity index (χ2v) is 5.30. The van der Waals surface area contributed by atoms with Crippen molar-refractivity contribution in [1.82, 2.24) is 0 Å². The molecule has 0 fully saturated rings. The van der Waals surface area contributed by atoms with Crippen molar-refractivity contribution in [2.45, 2.75) is 13.8 Å². The summed E-state index contributed by atoms with van der Waals surface area (Å²) in [7, 11) is 0. The van der Waals surface area contributed by atoms with Crippen molar-refractivity contribution in [2.75, 3.05) is 0 Å². The third-order valence-electron chi connectivity index (χ3n) is 3.50. The van der Waals surface area contributed by atoms with E-state index in [-0.39, 0.29) is 0 Å². The summed E-state index contributed by atoms with van der Waals surface area (Å²) in [6, 6.07) is 21.9. The number of rotatable bonds is 1. The van der Waals surface area contributed by atoms with Gasteiger partial charge in [-0.1, -0.05) is 54.6 Å². The summed E-state index contributed by atoms with van der Waals surface area (Å²) in [5.74, 6) is 2.47. The lowest BCUT2D eigenvalue weighted by Gasteiger charge is -1.89. The molecule has 1 heterocycles. The molecule has 0 unspecified atom stereocenters. The van der Waals surface area contributed by atoms with Crippen molar-refractivity contribution in [3.63, 3.8) is 0 Å². The van der Waals surface area contributed by atoms with Crippen LogP contribution in [-0.4, -0.2) is 11.4 Å². The maximum atomic E-state index is 10.0. The number of ether oxygens (including phenoxy) is 1. The third-order valence-corrected chi connectivity index (χ3v) is 3.50. The number of carbonyl (C=O) groups excluding carboxylic acids is 1. The molecule has 3 aromatic rings. The van der Waals surface area contributed by atoms with Crippen LogP contribution >= 0.6 is 0 Å². The number of aryl methyl sites for hydroxylation is 1. The molecule has 0 aliphatic carbocycles. The lowest BCUT2D eigenvalue weighted by molar-refractivity contribution is 0.112. The molecule has 0 aromatic heterocycles. The van der Waals surface area contributed by atoms with Gasteiger partial charge in [-0.3, -0.25) is 4.79 Å². The molecule has 1 aliphatic rings. The number of phenols is 1. The van der Waals surface area contributed by atoms with Gasteiger partial charge in [0.1, 0.15) is 12.0 Å². The van der Waals surface area contributed by atoms with Crippen LogP contribution < -0.4 is 4.74 Å². The van der Waals surface area contributed by atoms with E-state index in [1.807, 2.05) is 30.3 Å². The number of aldehydes is 1. The smallest absolute Gasteiger partial charge is 0.173 e. The zero-order valence-electron chi connectivity index (χ0n) is 13.8. The molecule has 0 spiro atoms. The topological polar surface area (TPSA) is 49.8 Å². The number of hydrogen-bond acceptors (Lipinski definition) is 3. The molecule has 1 N–H and O–H groups in total. The summed E-state index contributed by atoms with van der Waals surface area (Å²) in [6.45, 7) is 4.18. The normalized spacial score (nSPS) is 9.92. The average molecular weight is 320 g/mol. The maximum Gasteiger partial charge on any atom is 0.173 e. The van der Waals surface area contributed by atoms with Crippen molar-refractivity contribution in [2.24, 2.45) is 0 Å². The van der Waals surface area contributed by atoms with E-state index in [4.69, 9.17) is 9.84 Å². The quantitative estimate of drug-likeness (QED) is 0.382. The molecular formula is C21H20O3. The van der Waals surface area contributed by atoms with Crippen LogP contribution in [0.1, 0.15) is 21.5 Å². The Labute approximate surface area is 142 Å². The van der Waals surface area contributed by atoms with Gasteiger partial charge in [-0.25, -0.2) is 0 Å². The Morgan fingerprint density at radius 2 is 1.42 bits per heavy atom. The molecule has 1 aliphatic heterocycles. The third kappa shape index (κ3) is 5.29. The molecule has 0 amide bonds. The van der Waals surface area contributed by atoms with Crippen molar-refractivity contribution < 1.29 is 14.6 Å². The lowest BCUT2D eigenvalue weighted by Crippen LogP contribution is -1.73. The maximum absolute atomic E-state index is 10.0. The summed E-state index contributed by atoms with van der Waals surface area (Å²) in [4.78, 5) is 10.0. The van der Waals surface area contributed by atoms with Crippen LogP contribution in [0.4, 0.5) is 0 Å². The number of benzene rings is 3. The Morgan fingerprint density at radius 3 is 1.83 bits per heavy atom. The van der Waals surface area contributed by atoms with E-state index in [0.717, 1.165) is 23.3 Å². The van der Waals surface area contributed by atoms with Crippen molar-refractivity contribution in [3.05, 3.63) is 89.5 Å². The molecule has 0 saturated heterocycles. The summed E-state index contributed by atoms with van der Waals surface area (Å²) < 4.78 is 5.15. The number of carbonyl (C=O) groups is 1. The van der Waals surface area contributed by atoms with Gasteiger partial charge in [-0.2, -0.15) is 0 Å². The van der Waals surface area contributed by atoms with E-state index in [0.29, 0.717) is 5.75 Å². The van der Waals surface area contributed by atoms with Gasteiger partial charge in [0.2, 0.25) is 0 Å². The van der Waals surface area contributed by atoms with Gasteiger partial charge in [0.05, 0.1) is 0 Å². The first-order valence-electron chi connectivity index (χ1n) is 7.64. The first kappa shape index (κ1) is 17.3. The van der Waals surface area contributed by atoms with Crippen LogP contribution in [0, 0.1) is 13.8 Å². The van der Waals surface area contributed by atoms with Gasteiger partial charge >= 0.3 is 0 Å². The highest BCUT2D eigenvalue weighted by molar-refractivity contribution is 5.74. The summed E-state index contributed by atoms with van der Waals surface area (Å²) in [5.41, 5.74) is 3.33. The van der Waals surface area contributed by atoms with E-state index < -0.39 is 0 Å². The van der Waals surface area contributed by atoms with E-state index in [1.54, 1.807) is 36.4 Å². The summed E-state index contributed by atoms with van der Waals surface area (Å²) >= 11 is 0. The van der Waals surface area contributed by atoms with Crippen LogP contribution in [0.3, 0.4) is 0 Å². The number of hydrogen-bond donors (Lipinski definition) is 1. The molecule has 0 saturated carbocycles. The number of phenolic OH excluding ortho intramolecular Hbond substituents is 1. The fraction of sp³-hybridized carbons (Fsp3) is 0.0952. The Morgan fingerprint density at radius 1 is 0.833 bits per heavy atom. The van der Waals surface area contributed by atoms with Gasteiger partial charge in [0, 0.05) is 5.56 Å². The average Bonchev–Trinajstić information content (AvgIpc) is 3.41. The first-order chi connectivity index (χ1) is 11.6. The van der Waals surface area contributed by atoms with Crippen molar-refractivity contribution in [3.8, 4) is 17.2 Å². The number of para-hydroxylation sites is 1. The second kappa shape index (κ2) is 8.53. The fourth-order valence-corrected chi connectivity index (χ4v) is 1.92. The minimum atomic E-state index is 0.322. The van der Waals surface area contributed by atoms with E-state index in [1.165, 1.54) is 11.1 Å². The molecule has 0 atom stereocenters. The minimum absolute atomic E-state index is 0.322. The molecule has 0 radical (unpaired) electrons. The second-order valence-electron chi connectivity index (χ2n) is 5.30. The molecule has 0 bridgehead atoms. The fourth-order valence-electron chi connectivity index (χ4n) is 1.92. The monoisotopic (exact) mass is 320 g/mol. The van der Waals surface area contributed by atoms with Gasteiger partial charge < -0.3 is 9.84 Å². The zero-order chi connectivity index (χ0) is 17.4. The van der Waals surface area contributed by atoms with E-state index in [2.05, 4.69) is 19.9 Å². The molecule has 24 heavy (non-hydrogen) atoms. The van der Waals surface area contributed by atoms with Gasteiger partial charge in [0.25, 0.3) is 0 Å². The summed E-state index contributed by atoms with van der Waals surface area (Å²) in [6.07, 6.45) is 0.833. The SMILES string of the molecule is Cc1ccc2c(c1C)O2.O=Cc1ccccc1.Oc1ccccc1. The van der Waals surface area contributed by atoms with Crippen LogP contribution in [0.15, 0.2) is 72.8 Å². The zero-order valence-corrected chi connectivity index (χ0v) is 13.8. The highest BCUT2D eigenvalue weighted by atomic mass is 16.6. The van der Waals surface area contributed by atoms with E-state index in [9.17, 15) is 4.79 Å². The number of fused-ring (bicyclic) bond motifs is 1. The van der Waals surface area contributed by atoms with Gasteiger partial charge in [0.15, 0.2) is 11.5 Å².